The van der Waals surface area contributed by atoms with Gasteiger partial charge in [-0.25, -0.2) is 9.37 Å². The van der Waals surface area contributed by atoms with E-state index >= 15 is 0 Å². The molecule has 3 rings (SSSR count). The average Bonchev–Trinajstić information content (AvgIpc) is 2.90. The molecule has 1 fully saturated rings. The molecule has 2 atom stereocenters. The van der Waals surface area contributed by atoms with E-state index in [4.69, 9.17) is 5.26 Å². The predicted octanol–water partition coefficient (Wildman–Crippen LogP) is 3.78. The summed E-state index contributed by atoms with van der Waals surface area (Å²) >= 11 is 0. The molecule has 4 heteroatoms. The Bertz CT molecular complexity index is 718. The van der Waals surface area contributed by atoms with Gasteiger partial charge in [0.05, 0.1) is 0 Å². The van der Waals surface area contributed by atoms with Gasteiger partial charge in [-0.3, -0.25) is 0 Å². The summed E-state index contributed by atoms with van der Waals surface area (Å²) in [6.45, 7) is 4.90. The number of halogens is 1. The topological polar surface area (TPSA) is 39.9 Å². The lowest BCUT2D eigenvalue weighted by molar-refractivity contribution is 0.625. The standard InChI is InChI=1S/C18H18FN3/c1-12-3-8-18(21-17(12)10-20)22-11-15(9-13(22)2)14-4-6-16(19)7-5-14/h3-8,13,15H,9,11H2,1-2H3. The van der Waals surface area contributed by atoms with E-state index in [1.807, 2.05) is 31.2 Å². The number of aryl methyl sites for hydroxylation is 1. The van der Waals surface area contributed by atoms with Crippen LogP contribution in [0.4, 0.5) is 10.2 Å². The van der Waals surface area contributed by atoms with Crippen molar-refractivity contribution in [1.82, 2.24) is 4.98 Å². The summed E-state index contributed by atoms with van der Waals surface area (Å²) in [7, 11) is 0. The quantitative estimate of drug-likeness (QED) is 0.846. The van der Waals surface area contributed by atoms with Gasteiger partial charge in [0, 0.05) is 18.5 Å². The maximum absolute atomic E-state index is 13.1. The van der Waals surface area contributed by atoms with Crippen LogP contribution in [0.5, 0.6) is 0 Å². The first-order chi connectivity index (χ1) is 10.6. The molecule has 1 aliphatic rings. The summed E-state index contributed by atoms with van der Waals surface area (Å²) in [5.41, 5.74) is 2.53. The maximum atomic E-state index is 13.1. The first kappa shape index (κ1) is 14.5. The van der Waals surface area contributed by atoms with Crippen LogP contribution in [-0.2, 0) is 0 Å². The fraction of sp³-hybridized carbons (Fsp3) is 0.333. The number of rotatable bonds is 2. The molecule has 0 N–H and O–H groups in total. The number of aromatic nitrogens is 1. The summed E-state index contributed by atoms with van der Waals surface area (Å²) in [5.74, 6) is 1.01. The number of hydrogen-bond donors (Lipinski definition) is 0. The minimum atomic E-state index is -0.203. The highest BCUT2D eigenvalue weighted by Crippen LogP contribution is 2.34. The lowest BCUT2D eigenvalue weighted by Crippen LogP contribution is -2.27. The Kier molecular flexibility index (Phi) is 3.81. The van der Waals surface area contributed by atoms with Crippen molar-refractivity contribution in [2.45, 2.75) is 32.2 Å². The number of anilines is 1. The highest BCUT2D eigenvalue weighted by atomic mass is 19.1. The monoisotopic (exact) mass is 295 g/mol. The van der Waals surface area contributed by atoms with Crippen LogP contribution >= 0.6 is 0 Å². The summed E-state index contributed by atoms with van der Waals surface area (Å²) in [4.78, 5) is 6.70. The molecule has 0 aliphatic carbocycles. The molecular weight excluding hydrogens is 277 g/mol. The Morgan fingerprint density at radius 1 is 1.23 bits per heavy atom. The number of benzene rings is 1. The van der Waals surface area contributed by atoms with Gasteiger partial charge in [-0.1, -0.05) is 18.2 Å². The van der Waals surface area contributed by atoms with E-state index in [1.54, 1.807) is 0 Å². The molecule has 3 nitrogen and oxygen atoms in total. The molecule has 22 heavy (non-hydrogen) atoms. The van der Waals surface area contributed by atoms with Gasteiger partial charge in [0.1, 0.15) is 23.4 Å². The molecule has 2 heterocycles. The number of nitrogens with zero attached hydrogens (tertiary/aromatic N) is 3. The zero-order chi connectivity index (χ0) is 15.7. The van der Waals surface area contributed by atoms with Crippen molar-refractivity contribution in [3.63, 3.8) is 0 Å². The van der Waals surface area contributed by atoms with E-state index in [1.165, 1.54) is 12.1 Å². The molecule has 1 aliphatic heterocycles. The highest BCUT2D eigenvalue weighted by molar-refractivity contribution is 5.47. The molecule has 0 saturated carbocycles. The van der Waals surface area contributed by atoms with E-state index in [0.29, 0.717) is 17.7 Å². The average molecular weight is 295 g/mol. The van der Waals surface area contributed by atoms with Crippen LogP contribution in [0.25, 0.3) is 0 Å². The molecule has 1 saturated heterocycles. The number of hydrogen-bond acceptors (Lipinski definition) is 3. The summed E-state index contributed by atoms with van der Waals surface area (Å²) < 4.78 is 13.1. The molecular formula is C18H18FN3. The Morgan fingerprint density at radius 3 is 2.64 bits per heavy atom. The van der Waals surface area contributed by atoms with Gasteiger partial charge in [-0.15, -0.1) is 0 Å². The van der Waals surface area contributed by atoms with Crippen molar-refractivity contribution >= 4 is 5.82 Å². The smallest absolute Gasteiger partial charge is 0.145 e. The van der Waals surface area contributed by atoms with Crippen molar-refractivity contribution in [3.05, 3.63) is 59.0 Å². The van der Waals surface area contributed by atoms with Crippen LogP contribution in [-0.4, -0.2) is 17.6 Å². The SMILES string of the molecule is Cc1ccc(N2CC(c3ccc(F)cc3)CC2C)nc1C#N. The third-order valence-corrected chi connectivity index (χ3v) is 4.40. The van der Waals surface area contributed by atoms with Crippen LogP contribution in [0.2, 0.25) is 0 Å². The summed E-state index contributed by atoms with van der Waals surface area (Å²) in [6, 6.07) is 13.2. The zero-order valence-corrected chi connectivity index (χ0v) is 12.8. The largest absolute Gasteiger partial charge is 0.353 e. The Balaban J connectivity index is 1.84. The second-order valence-corrected chi connectivity index (χ2v) is 5.93. The van der Waals surface area contributed by atoms with Crippen LogP contribution in [0.3, 0.4) is 0 Å². The molecule has 112 valence electrons. The van der Waals surface area contributed by atoms with Gasteiger partial charge in [0.2, 0.25) is 0 Å². The van der Waals surface area contributed by atoms with Gasteiger partial charge in [0.15, 0.2) is 0 Å². The fourth-order valence-corrected chi connectivity index (χ4v) is 3.12. The van der Waals surface area contributed by atoms with E-state index in [9.17, 15) is 4.39 Å². The normalized spacial score (nSPS) is 20.9. The predicted molar refractivity (Wildman–Crippen MR) is 84.3 cm³/mol. The Labute approximate surface area is 130 Å². The second kappa shape index (κ2) is 5.76. The molecule has 0 spiro atoms. The van der Waals surface area contributed by atoms with E-state index in [0.717, 1.165) is 29.9 Å². The molecule has 1 aromatic heterocycles. The maximum Gasteiger partial charge on any atom is 0.145 e. The third-order valence-electron chi connectivity index (χ3n) is 4.40. The van der Waals surface area contributed by atoms with Gasteiger partial charge in [0.25, 0.3) is 0 Å². The van der Waals surface area contributed by atoms with Crippen molar-refractivity contribution in [1.29, 1.82) is 5.26 Å². The first-order valence-electron chi connectivity index (χ1n) is 7.48. The number of pyridine rings is 1. The lowest BCUT2D eigenvalue weighted by Gasteiger charge is -2.23. The third kappa shape index (κ3) is 2.67. The minimum Gasteiger partial charge on any atom is -0.353 e. The minimum absolute atomic E-state index is 0.203. The molecule has 2 aromatic rings. The zero-order valence-electron chi connectivity index (χ0n) is 12.8. The van der Waals surface area contributed by atoms with Gasteiger partial charge >= 0.3 is 0 Å². The van der Waals surface area contributed by atoms with Crippen LogP contribution in [0.1, 0.15) is 36.1 Å². The first-order valence-corrected chi connectivity index (χ1v) is 7.48. The van der Waals surface area contributed by atoms with Crippen molar-refractivity contribution in [2.75, 3.05) is 11.4 Å². The van der Waals surface area contributed by atoms with Crippen LogP contribution < -0.4 is 4.90 Å². The van der Waals surface area contributed by atoms with Crippen LogP contribution in [0, 0.1) is 24.1 Å². The molecule has 1 aromatic carbocycles. The summed E-state index contributed by atoms with van der Waals surface area (Å²) in [5, 5.41) is 9.14. The fourth-order valence-electron chi connectivity index (χ4n) is 3.12. The molecule has 0 radical (unpaired) electrons. The van der Waals surface area contributed by atoms with E-state index in [2.05, 4.69) is 22.9 Å². The summed E-state index contributed by atoms with van der Waals surface area (Å²) in [6.07, 6.45) is 1.00. The second-order valence-electron chi connectivity index (χ2n) is 5.93. The molecule has 0 amide bonds. The van der Waals surface area contributed by atoms with E-state index in [-0.39, 0.29) is 5.82 Å². The van der Waals surface area contributed by atoms with Gasteiger partial charge in [-0.05, 0) is 49.6 Å². The molecule has 0 bridgehead atoms. The molecule has 2 unspecified atom stereocenters. The van der Waals surface area contributed by atoms with Crippen molar-refractivity contribution in [2.24, 2.45) is 0 Å². The van der Waals surface area contributed by atoms with Crippen molar-refractivity contribution in [3.8, 4) is 6.07 Å². The Morgan fingerprint density at radius 2 is 1.95 bits per heavy atom. The van der Waals surface area contributed by atoms with Gasteiger partial charge in [-0.2, -0.15) is 5.26 Å². The lowest BCUT2D eigenvalue weighted by atomic mass is 9.97. The van der Waals surface area contributed by atoms with E-state index < -0.39 is 0 Å². The number of nitriles is 1. The van der Waals surface area contributed by atoms with Crippen molar-refractivity contribution < 1.29 is 4.39 Å². The highest BCUT2D eigenvalue weighted by Gasteiger charge is 2.31. The van der Waals surface area contributed by atoms with Gasteiger partial charge < -0.3 is 4.90 Å². The van der Waals surface area contributed by atoms with Crippen LogP contribution in [0.15, 0.2) is 36.4 Å². The Hall–Kier alpha value is -2.41.